The fourth-order valence-electron chi connectivity index (χ4n) is 4.73. The number of fused-ring (bicyclic) bond motifs is 3. The molecule has 2 heterocycles. The Balaban J connectivity index is 1.22. The fraction of sp³-hybridized carbons (Fsp3) is 0.0769. The van der Waals surface area contributed by atoms with Crippen molar-refractivity contribution in [1.29, 1.82) is 0 Å². The summed E-state index contributed by atoms with van der Waals surface area (Å²) in [7, 11) is 0. The molecule has 0 aliphatic heterocycles. The van der Waals surface area contributed by atoms with E-state index in [9.17, 15) is 0 Å². The van der Waals surface area contributed by atoms with Crippen LogP contribution in [0.25, 0.3) is 49.1 Å². The molecular formula is C26H18N4O. The van der Waals surface area contributed by atoms with Crippen molar-refractivity contribution in [3.63, 3.8) is 0 Å². The Labute approximate surface area is 177 Å². The zero-order chi connectivity index (χ0) is 20.4. The van der Waals surface area contributed by atoms with Crippen molar-refractivity contribution in [1.82, 2.24) is 19.2 Å². The van der Waals surface area contributed by atoms with Gasteiger partial charge in [-0.25, -0.2) is 9.50 Å². The lowest BCUT2D eigenvalue weighted by Gasteiger charge is -2.13. The molecule has 0 atom stereocenters. The van der Waals surface area contributed by atoms with Gasteiger partial charge in [-0.05, 0) is 56.6 Å². The van der Waals surface area contributed by atoms with Crippen LogP contribution in [0.2, 0.25) is 0 Å². The Hall–Kier alpha value is -4.12. The number of benzene rings is 5. The van der Waals surface area contributed by atoms with Crippen LogP contribution in [0.1, 0.15) is 0 Å². The predicted molar refractivity (Wildman–Crippen MR) is 124 cm³/mol. The summed E-state index contributed by atoms with van der Waals surface area (Å²) in [6.07, 6.45) is 1.82. The maximum absolute atomic E-state index is 6.18. The van der Waals surface area contributed by atoms with Gasteiger partial charge >= 0.3 is 0 Å². The van der Waals surface area contributed by atoms with Gasteiger partial charge in [-0.3, -0.25) is 4.68 Å². The number of rotatable bonds is 4. The molecule has 0 amide bonds. The Morgan fingerprint density at radius 3 is 2.26 bits per heavy atom. The van der Waals surface area contributed by atoms with Gasteiger partial charge in [0.1, 0.15) is 18.7 Å². The van der Waals surface area contributed by atoms with Gasteiger partial charge in [0.25, 0.3) is 5.78 Å². The number of hydrogen-bond donors (Lipinski definition) is 0. The van der Waals surface area contributed by atoms with E-state index in [4.69, 9.17) is 4.74 Å². The number of para-hydroxylation sites is 2. The lowest BCUT2D eigenvalue weighted by atomic mass is 9.94. The van der Waals surface area contributed by atoms with Crippen LogP contribution in [0, 0.1) is 0 Å². The van der Waals surface area contributed by atoms with Crippen LogP contribution in [0.4, 0.5) is 0 Å². The van der Waals surface area contributed by atoms with Crippen molar-refractivity contribution in [3.05, 3.63) is 85.2 Å². The van der Waals surface area contributed by atoms with E-state index >= 15 is 0 Å². The van der Waals surface area contributed by atoms with Crippen molar-refractivity contribution in [2.24, 2.45) is 0 Å². The topological polar surface area (TPSA) is 44.3 Å². The van der Waals surface area contributed by atoms with Gasteiger partial charge in [-0.15, -0.1) is 0 Å². The molecule has 0 bridgehead atoms. The summed E-state index contributed by atoms with van der Waals surface area (Å²) in [5.41, 5.74) is 2.00. The molecule has 0 radical (unpaired) electrons. The van der Waals surface area contributed by atoms with Crippen LogP contribution in [0.3, 0.4) is 0 Å². The lowest BCUT2D eigenvalue weighted by Crippen LogP contribution is -2.11. The second-order valence-electron chi connectivity index (χ2n) is 7.92. The normalized spacial score (nSPS) is 12.1. The highest BCUT2D eigenvalue weighted by Crippen LogP contribution is 2.36. The molecule has 5 nitrogen and oxygen atoms in total. The third-order valence-corrected chi connectivity index (χ3v) is 6.11. The highest BCUT2D eigenvalue weighted by atomic mass is 16.5. The van der Waals surface area contributed by atoms with Crippen LogP contribution in [-0.4, -0.2) is 25.8 Å². The van der Waals surface area contributed by atoms with Gasteiger partial charge in [0.15, 0.2) is 0 Å². The average Bonchev–Trinajstić information content (AvgIpc) is 3.37. The average molecular weight is 402 g/mol. The van der Waals surface area contributed by atoms with Gasteiger partial charge < -0.3 is 4.74 Å². The van der Waals surface area contributed by atoms with Crippen LogP contribution < -0.4 is 4.74 Å². The third kappa shape index (κ3) is 2.43. The molecule has 31 heavy (non-hydrogen) atoms. The minimum absolute atomic E-state index is 0.547. The second kappa shape index (κ2) is 6.19. The molecule has 5 heteroatoms. The summed E-state index contributed by atoms with van der Waals surface area (Å²) in [6.45, 7) is 1.23. The molecule has 5 aromatic carbocycles. The first-order valence-electron chi connectivity index (χ1n) is 10.4. The summed E-state index contributed by atoms with van der Waals surface area (Å²) in [4.78, 5) is 9.01. The van der Waals surface area contributed by atoms with Gasteiger partial charge in [-0.2, -0.15) is 4.98 Å². The van der Waals surface area contributed by atoms with Gasteiger partial charge in [0, 0.05) is 0 Å². The largest absolute Gasteiger partial charge is 0.492 e. The number of hydrogen-bond acceptors (Lipinski definition) is 3. The maximum Gasteiger partial charge on any atom is 0.251 e. The minimum Gasteiger partial charge on any atom is -0.492 e. The quantitative estimate of drug-likeness (QED) is 0.357. The molecule has 0 saturated carbocycles. The van der Waals surface area contributed by atoms with E-state index < -0.39 is 0 Å². The van der Waals surface area contributed by atoms with Crippen molar-refractivity contribution in [2.75, 3.05) is 6.61 Å². The zero-order valence-corrected chi connectivity index (χ0v) is 16.7. The SMILES string of the molecule is c1cc2ccc3cc(OCCn4cnc5nc6ccccc6n54)cc4ccc(c1)c2c34. The monoisotopic (exact) mass is 402 g/mol. The molecule has 2 aromatic heterocycles. The Kier molecular flexibility index (Phi) is 3.32. The molecule has 0 N–H and O–H groups in total. The van der Waals surface area contributed by atoms with Crippen LogP contribution >= 0.6 is 0 Å². The van der Waals surface area contributed by atoms with Crippen LogP contribution in [0.5, 0.6) is 5.75 Å². The fourth-order valence-corrected chi connectivity index (χ4v) is 4.73. The minimum atomic E-state index is 0.547. The molecular weight excluding hydrogens is 384 g/mol. The molecule has 0 unspecified atom stereocenters. The Morgan fingerprint density at radius 2 is 1.45 bits per heavy atom. The van der Waals surface area contributed by atoms with E-state index in [-0.39, 0.29) is 0 Å². The number of aromatic nitrogens is 4. The summed E-state index contributed by atoms with van der Waals surface area (Å²) >= 11 is 0. The van der Waals surface area contributed by atoms with Crippen molar-refractivity contribution in [3.8, 4) is 5.75 Å². The highest BCUT2D eigenvalue weighted by Gasteiger charge is 2.11. The molecule has 0 aliphatic carbocycles. The number of nitrogens with zero attached hydrogens (tertiary/aromatic N) is 4. The van der Waals surface area contributed by atoms with E-state index in [0.29, 0.717) is 18.9 Å². The van der Waals surface area contributed by atoms with E-state index in [2.05, 4.69) is 75.3 Å². The maximum atomic E-state index is 6.18. The van der Waals surface area contributed by atoms with E-state index in [1.807, 2.05) is 29.0 Å². The van der Waals surface area contributed by atoms with Crippen LogP contribution in [-0.2, 0) is 6.54 Å². The molecule has 7 aromatic rings. The van der Waals surface area contributed by atoms with Crippen molar-refractivity contribution < 1.29 is 4.74 Å². The molecule has 0 spiro atoms. The smallest absolute Gasteiger partial charge is 0.251 e. The van der Waals surface area contributed by atoms with Crippen molar-refractivity contribution >= 4 is 49.1 Å². The molecule has 0 saturated heterocycles. The summed E-state index contributed by atoms with van der Waals surface area (Å²) in [5, 5.41) is 7.62. The second-order valence-corrected chi connectivity index (χ2v) is 7.92. The lowest BCUT2D eigenvalue weighted by molar-refractivity contribution is 0.289. The Bertz CT molecular complexity index is 1660. The number of ether oxygens (including phenoxy) is 1. The van der Waals surface area contributed by atoms with Gasteiger partial charge in [0.2, 0.25) is 0 Å². The van der Waals surface area contributed by atoms with E-state index in [1.165, 1.54) is 32.3 Å². The highest BCUT2D eigenvalue weighted by molar-refractivity contribution is 6.23. The molecule has 148 valence electrons. The molecule has 0 aliphatic rings. The molecule has 0 fully saturated rings. The standard InChI is InChI=1S/C26H18N4O/c1-2-7-23-22(6-1)28-26-27-16-29(30(23)26)12-13-31-21-14-19-10-8-17-4-3-5-18-9-11-20(15-21)25(19)24(17)18/h1-11,14-16H,12-13H2. The number of imidazole rings is 1. The third-order valence-electron chi connectivity index (χ3n) is 6.11. The first-order chi connectivity index (χ1) is 15.3. The van der Waals surface area contributed by atoms with E-state index in [1.54, 1.807) is 0 Å². The summed E-state index contributed by atoms with van der Waals surface area (Å²) in [5.74, 6) is 1.60. The first kappa shape index (κ1) is 16.7. The van der Waals surface area contributed by atoms with Crippen molar-refractivity contribution in [2.45, 2.75) is 6.54 Å². The van der Waals surface area contributed by atoms with Gasteiger partial charge in [0.05, 0.1) is 17.6 Å². The zero-order valence-electron chi connectivity index (χ0n) is 16.7. The van der Waals surface area contributed by atoms with Gasteiger partial charge in [-0.1, -0.05) is 54.6 Å². The van der Waals surface area contributed by atoms with E-state index in [0.717, 1.165) is 16.8 Å². The Morgan fingerprint density at radius 1 is 0.742 bits per heavy atom. The molecule has 7 rings (SSSR count). The van der Waals surface area contributed by atoms with Crippen LogP contribution in [0.15, 0.2) is 85.2 Å². The predicted octanol–water partition coefficient (Wildman–Crippen LogP) is 5.66. The summed E-state index contributed by atoms with van der Waals surface area (Å²) < 4.78 is 10.3. The summed E-state index contributed by atoms with van der Waals surface area (Å²) in [6, 6.07) is 27.6. The first-order valence-corrected chi connectivity index (χ1v) is 10.4.